The molecule has 9 heteroatoms. The summed E-state index contributed by atoms with van der Waals surface area (Å²) in [6, 6.07) is 3.23. The molecule has 1 heterocycles. The Bertz CT molecular complexity index is 726. The highest BCUT2D eigenvalue weighted by Gasteiger charge is 2.21. The van der Waals surface area contributed by atoms with E-state index < -0.39 is 11.6 Å². The van der Waals surface area contributed by atoms with Crippen LogP contribution in [0.1, 0.15) is 25.7 Å². The lowest BCUT2D eigenvalue weighted by molar-refractivity contribution is 0.411. The van der Waals surface area contributed by atoms with Crippen molar-refractivity contribution in [2.45, 2.75) is 37.8 Å². The molecule has 0 radical (unpaired) electrons. The predicted molar refractivity (Wildman–Crippen MR) is 88.6 cm³/mol. The minimum Gasteiger partial charge on any atom is -0.388 e. The number of nitrogens with two attached hydrogens (primary N) is 1. The molecule has 0 bridgehead atoms. The number of H-pyrrole nitrogens is 1. The smallest absolute Gasteiger partial charge is 0.388 e. The molecule has 1 saturated carbocycles. The third kappa shape index (κ3) is 4.04. The molecular formula is C14H17Cl2FN4O2. The van der Waals surface area contributed by atoms with Gasteiger partial charge in [0.25, 0.3) is 0 Å². The Morgan fingerprint density at radius 2 is 2.04 bits per heavy atom. The van der Waals surface area contributed by atoms with E-state index >= 15 is 0 Å². The highest BCUT2D eigenvalue weighted by Crippen LogP contribution is 2.32. The van der Waals surface area contributed by atoms with Crippen molar-refractivity contribution in [3.8, 4) is 11.5 Å². The van der Waals surface area contributed by atoms with E-state index in [0.29, 0.717) is 11.3 Å². The maximum absolute atomic E-state index is 14.0. The number of aromatic amines is 1. The van der Waals surface area contributed by atoms with Crippen LogP contribution in [0.5, 0.6) is 0 Å². The standard InChI is InChI=1S/C14H16ClFN4O2.ClH/c15-12-10(16)5-7(13-19-20-14(21)22-13)6-11(12)18-9-3-1-8(17)2-4-9;/h5-6,8-9,18H,1-4,17H2,(H,20,21);1H. The quantitative estimate of drug-likeness (QED) is 0.779. The molecule has 1 aliphatic rings. The lowest BCUT2D eigenvalue weighted by Gasteiger charge is -2.28. The molecule has 1 aromatic carbocycles. The third-order valence-corrected chi connectivity index (χ3v) is 4.23. The van der Waals surface area contributed by atoms with Crippen LogP contribution in [0.2, 0.25) is 5.02 Å². The largest absolute Gasteiger partial charge is 0.434 e. The van der Waals surface area contributed by atoms with Gasteiger partial charge in [0.05, 0.1) is 10.7 Å². The summed E-state index contributed by atoms with van der Waals surface area (Å²) in [5, 5.41) is 9.09. The van der Waals surface area contributed by atoms with Gasteiger partial charge in [0.15, 0.2) is 0 Å². The van der Waals surface area contributed by atoms with Crippen molar-refractivity contribution in [3.63, 3.8) is 0 Å². The first kappa shape index (κ1) is 17.8. The maximum atomic E-state index is 14.0. The van der Waals surface area contributed by atoms with Crippen LogP contribution >= 0.6 is 24.0 Å². The Hall–Kier alpha value is -1.57. The van der Waals surface area contributed by atoms with Crippen molar-refractivity contribution >= 4 is 29.7 Å². The Balaban J connectivity index is 0.00000192. The van der Waals surface area contributed by atoms with E-state index in [-0.39, 0.29) is 35.4 Å². The van der Waals surface area contributed by atoms with Crippen LogP contribution in [-0.4, -0.2) is 22.3 Å². The number of rotatable bonds is 3. The molecule has 0 amide bonds. The molecule has 4 N–H and O–H groups in total. The lowest BCUT2D eigenvalue weighted by atomic mass is 9.91. The van der Waals surface area contributed by atoms with Gasteiger partial charge in [0, 0.05) is 17.6 Å². The molecule has 0 atom stereocenters. The summed E-state index contributed by atoms with van der Waals surface area (Å²) >= 11 is 6.02. The van der Waals surface area contributed by atoms with Gasteiger partial charge in [0.1, 0.15) is 5.82 Å². The lowest BCUT2D eigenvalue weighted by Crippen LogP contribution is -2.32. The van der Waals surface area contributed by atoms with Crippen molar-refractivity contribution in [3.05, 3.63) is 33.5 Å². The molecule has 2 aromatic rings. The maximum Gasteiger partial charge on any atom is 0.434 e. The first-order valence-electron chi connectivity index (χ1n) is 7.10. The van der Waals surface area contributed by atoms with Crippen LogP contribution in [-0.2, 0) is 0 Å². The zero-order valence-corrected chi connectivity index (χ0v) is 13.7. The van der Waals surface area contributed by atoms with Gasteiger partial charge in [0.2, 0.25) is 5.89 Å². The first-order chi connectivity index (χ1) is 10.5. The average Bonchev–Trinajstić information content (AvgIpc) is 2.92. The second-order valence-corrected chi connectivity index (χ2v) is 5.87. The normalized spacial score (nSPS) is 20.8. The van der Waals surface area contributed by atoms with Gasteiger partial charge >= 0.3 is 5.76 Å². The van der Waals surface area contributed by atoms with Gasteiger partial charge < -0.3 is 15.5 Å². The topological polar surface area (TPSA) is 96.9 Å². The van der Waals surface area contributed by atoms with E-state index in [9.17, 15) is 9.18 Å². The fourth-order valence-electron chi connectivity index (χ4n) is 2.65. The highest BCUT2D eigenvalue weighted by atomic mass is 35.5. The molecule has 1 aromatic heterocycles. The fourth-order valence-corrected chi connectivity index (χ4v) is 2.82. The number of benzene rings is 1. The molecule has 3 rings (SSSR count). The second-order valence-electron chi connectivity index (χ2n) is 5.49. The molecule has 0 aliphatic heterocycles. The third-order valence-electron chi connectivity index (χ3n) is 3.84. The molecule has 6 nitrogen and oxygen atoms in total. The van der Waals surface area contributed by atoms with E-state index in [2.05, 4.69) is 15.5 Å². The number of halogens is 3. The van der Waals surface area contributed by atoms with Crippen LogP contribution in [0, 0.1) is 5.82 Å². The van der Waals surface area contributed by atoms with Crippen molar-refractivity contribution in [2.75, 3.05) is 5.32 Å². The Labute approximate surface area is 143 Å². The van der Waals surface area contributed by atoms with Gasteiger partial charge in [-0.1, -0.05) is 11.6 Å². The zero-order chi connectivity index (χ0) is 15.7. The molecule has 23 heavy (non-hydrogen) atoms. The average molecular weight is 363 g/mol. The number of hydrogen-bond donors (Lipinski definition) is 3. The molecule has 0 unspecified atom stereocenters. The van der Waals surface area contributed by atoms with Gasteiger partial charge in [-0.05, 0) is 37.8 Å². The second kappa shape index (κ2) is 7.33. The van der Waals surface area contributed by atoms with E-state index in [4.69, 9.17) is 21.8 Å². The van der Waals surface area contributed by atoms with Gasteiger partial charge in [-0.25, -0.2) is 14.3 Å². The highest BCUT2D eigenvalue weighted by molar-refractivity contribution is 6.33. The Morgan fingerprint density at radius 1 is 1.35 bits per heavy atom. The van der Waals surface area contributed by atoms with Crippen LogP contribution in [0.15, 0.2) is 21.3 Å². The molecule has 1 aliphatic carbocycles. The number of hydrogen-bond acceptors (Lipinski definition) is 5. The number of nitrogens with one attached hydrogen (secondary N) is 2. The SMILES string of the molecule is Cl.NC1CCC(Nc2cc(-c3n[nH]c(=O)o3)cc(F)c2Cl)CC1. The molecule has 0 spiro atoms. The number of anilines is 1. The van der Waals surface area contributed by atoms with Crippen molar-refractivity contribution in [1.82, 2.24) is 10.2 Å². The molecular weight excluding hydrogens is 346 g/mol. The van der Waals surface area contributed by atoms with E-state index in [1.54, 1.807) is 6.07 Å². The van der Waals surface area contributed by atoms with Crippen LogP contribution < -0.4 is 16.8 Å². The van der Waals surface area contributed by atoms with E-state index in [1.807, 2.05) is 0 Å². The molecule has 1 fully saturated rings. The van der Waals surface area contributed by atoms with Crippen molar-refractivity contribution in [2.24, 2.45) is 5.73 Å². The van der Waals surface area contributed by atoms with Crippen LogP contribution in [0.4, 0.5) is 10.1 Å². The number of aromatic nitrogens is 2. The minimum atomic E-state index is -0.693. The van der Waals surface area contributed by atoms with Crippen LogP contribution in [0.25, 0.3) is 11.5 Å². The molecule has 0 saturated heterocycles. The Morgan fingerprint density at radius 3 is 2.65 bits per heavy atom. The van der Waals surface area contributed by atoms with E-state index in [1.165, 1.54) is 6.07 Å². The van der Waals surface area contributed by atoms with Gasteiger partial charge in [-0.3, -0.25) is 0 Å². The Kier molecular flexibility index (Phi) is 5.67. The van der Waals surface area contributed by atoms with Crippen molar-refractivity contribution < 1.29 is 8.81 Å². The van der Waals surface area contributed by atoms with Crippen LogP contribution in [0.3, 0.4) is 0 Å². The first-order valence-corrected chi connectivity index (χ1v) is 7.48. The van der Waals surface area contributed by atoms with Gasteiger partial charge in [-0.2, -0.15) is 0 Å². The minimum absolute atomic E-state index is 0. The summed E-state index contributed by atoms with van der Waals surface area (Å²) in [7, 11) is 0. The summed E-state index contributed by atoms with van der Waals surface area (Å²) in [5.41, 5.74) is 6.68. The fraction of sp³-hybridized carbons (Fsp3) is 0.429. The molecule has 126 valence electrons. The monoisotopic (exact) mass is 362 g/mol. The predicted octanol–water partition coefficient (Wildman–Crippen LogP) is 2.93. The van der Waals surface area contributed by atoms with Crippen molar-refractivity contribution in [1.29, 1.82) is 0 Å². The van der Waals surface area contributed by atoms with Gasteiger partial charge in [-0.15, -0.1) is 17.5 Å². The summed E-state index contributed by atoms with van der Waals surface area (Å²) in [4.78, 5) is 11.0. The summed E-state index contributed by atoms with van der Waals surface area (Å²) in [5.74, 6) is -1.27. The zero-order valence-electron chi connectivity index (χ0n) is 12.1. The van der Waals surface area contributed by atoms with E-state index in [0.717, 1.165) is 25.7 Å². The number of nitrogens with zero attached hydrogens (tertiary/aromatic N) is 1. The summed E-state index contributed by atoms with van der Waals surface area (Å²) in [6.07, 6.45) is 3.65. The summed E-state index contributed by atoms with van der Waals surface area (Å²) < 4.78 is 18.8. The summed E-state index contributed by atoms with van der Waals surface area (Å²) in [6.45, 7) is 0.